The van der Waals surface area contributed by atoms with Crippen molar-refractivity contribution in [3.63, 3.8) is 0 Å². The van der Waals surface area contributed by atoms with Crippen molar-refractivity contribution in [2.24, 2.45) is 0 Å². The van der Waals surface area contributed by atoms with Crippen LogP contribution in [0.5, 0.6) is 11.8 Å². The fourth-order valence-corrected chi connectivity index (χ4v) is 1.40. The number of rotatable bonds is 3. The molecular weight excluding hydrogens is 246 g/mol. The van der Waals surface area contributed by atoms with Gasteiger partial charge in [-0.05, 0) is 37.3 Å². The Bertz CT molecular complexity index is 660. The highest BCUT2D eigenvalue weighted by Crippen LogP contribution is 2.18. The number of aryl methyl sites for hydroxylation is 1. The monoisotopic (exact) mass is 255 g/mol. The highest BCUT2D eigenvalue weighted by molar-refractivity contribution is 5.85. The van der Waals surface area contributed by atoms with E-state index in [1.165, 1.54) is 6.07 Å². The fraction of sp³-hybridized carbons (Fsp3) is 0.0769. The molecule has 1 aromatic heterocycles. The van der Waals surface area contributed by atoms with Crippen LogP contribution in [-0.4, -0.2) is 21.0 Å². The van der Waals surface area contributed by atoms with Crippen molar-refractivity contribution in [2.75, 3.05) is 0 Å². The van der Waals surface area contributed by atoms with Gasteiger partial charge in [0.25, 0.3) is 0 Å². The van der Waals surface area contributed by atoms with E-state index in [2.05, 4.69) is 9.97 Å². The summed E-state index contributed by atoms with van der Waals surface area (Å²) in [7, 11) is 0. The van der Waals surface area contributed by atoms with Crippen molar-refractivity contribution >= 4 is 5.97 Å². The van der Waals surface area contributed by atoms with Gasteiger partial charge in [-0.1, -0.05) is 0 Å². The molecule has 0 aliphatic heterocycles. The van der Waals surface area contributed by atoms with Crippen LogP contribution in [0.4, 0.5) is 0 Å². The second-order valence-corrected chi connectivity index (χ2v) is 3.72. The molecule has 0 fully saturated rings. The average Bonchev–Trinajstić information content (AvgIpc) is 2.39. The number of ether oxygens (including phenoxy) is 1. The molecule has 1 heterocycles. The van der Waals surface area contributed by atoms with E-state index in [1.807, 2.05) is 6.07 Å². The van der Waals surface area contributed by atoms with Gasteiger partial charge in [-0.25, -0.2) is 9.78 Å². The number of aromatic carboxylic acids is 1. The molecule has 1 aromatic carbocycles. The molecule has 0 saturated heterocycles. The number of carbonyl (C=O) groups is 1. The first-order chi connectivity index (χ1) is 9.08. The van der Waals surface area contributed by atoms with Crippen molar-refractivity contribution in [2.45, 2.75) is 6.92 Å². The predicted octanol–water partition coefficient (Wildman–Crippen LogP) is 2.15. The smallest absolute Gasteiger partial charge is 0.354 e. The lowest BCUT2D eigenvalue weighted by Gasteiger charge is -2.05. The maximum atomic E-state index is 10.9. The number of aromatic nitrogens is 2. The van der Waals surface area contributed by atoms with E-state index in [4.69, 9.17) is 15.1 Å². The van der Waals surface area contributed by atoms with E-state index in [-0.39, 0.29) is 11.7 Å². The van der Waals surface area contributed by atoms with Gasteiger partial charge in [-0.2, -0.15) is 10.2 Å². The van der Waals surface area contributed by atoms with Crippen LogP contribution in [0.3, 0.4) is 0 Å². The van der Waals surface area contributed by atoms with Gasteiger partial charge in [0.15, 0.2) is 5.69 Å². The van der Waals surface area contributed by atoms with Gasteiger partial charge >= 0.3 is 12.0 Å². The number of nitrogens with zero attached hydrogens (tertiary/aromatic N) is 3. The topological polar surface area (TPSA) is 96.1 Å². The third-order valence-electron chi connectivity index (χ3n) is 2.25. The minimum atomic E-state index is -1.14. The van der Waals surface area contributed by atoms with Gasteiger partial charge in [0.2, 0.25) is 0 Å². The summed E-state index contributed by atoms with van der Waals surface area (Å²) in [5.74, 6) is -0.712. The fourth-order valence-electron chi connectivity index (χ4n) is 1.40. The molecule has 6 nitrogen and oxygen atoms in total. The summed E-state index contributed by atoms with van der Waals surface area (Å²) in [4.78, 5) is 18.6. The summed E-state index contributed by atoms with van der Waals surface area (Å²) in [5, 5.41) is 17.6. The van der Waals surface area contributed by atoms with Crippen LogP contribution in [-0.2, 0) is 0 Å². The number of carboxylic acid groups (broad SMARTS) is 1. The number of benzene rings is 1. The van der Waals surface area contributed by atoms with E-state index in [0.29, 0.717) is 17.0 Å². The van der Waals surface area contributed by atoms with Crippen LogP contribution in [0, 0.1) is 18.3 Å². The maximum absolute atomic E-state index is 10.9. The molecule has 2 aromatic rings. The first-order valence-electron chi connectivity index (χ1n) is 5.35. The lowest BCUT2D eigenvalue weighted by atomic mass is 10.2. The SMILES string of the molecule is Cc1cc(C(=O)O)nc(Oc2ccc(C#N)cc2)n1. The second-order valence-electron chi connectivity index (χ2n) is 3.72. The summed E-state index contributed by atoms with van der Waals surface area (Å²) >= 11 is 0. The Kier molecular flexibility index (Phi) is 3.39. The maximum Gasteiger partial charge on any atom is 0.354 e. The Morgan fingerprint density at radius 2 is 2.00 bits per heavy atom. The Morgan fingerprint density at radius 3 is 2.58 bits per heavy atom. The van der Waals surface area contributed by atoms with E-state index in [0.717, 1.165) is 0 Å². The van der Waals surface area contributed by atoms with Crippen molar-refractivity contribution in [3.8, 4) is 17.8 Å². The zero-order valence-electron chi connectivity index (χ0n) is 9.99. The number of hydrogen-bond acceptors (Lipinski definition) is 5. The molecule has 0 saturated carbocycles. The molecule has 0 amide bonds. The Hall–Kier alpha value is -2.94. The van der Waals surface area contributed by atoms with E-state index in [1.54, 1.807) is 31.2 Å². The van der Waals surface area contributed by atoms with E-state index in [9.17, 15) is 4.79 Å². The van der Waals surface area contributed by atoms with Crippen molar-refractivity contribution < 1.29 is 14.6 Å². The molecule has 0 bridgehead atoms. The average molecular weight is 255 g/mol. The van der Waals surface area contributed by atoms with Crippen molar-refractivity contribution in [1.82, 2.24) is 9.97 Å². The van der Waals surface area contributed by atoms with Gasteiger partial charge in [-0.15, -0.1) is 0 Å². The second kappa shape index (κ2) is 5.14. The van der Waals surface area contributed by atoms with Crippen molar-refractivity contribution in [3.05, 3.63) is 47.3 Å². The first-order valence-corrected chi connectivity index (χ1v) is 5.35. The largest absolute Gasteiger partial charge is 0.477 e. The normalized spacial score (nSPS) is 9.68. The van der Waals surface area contributed by atoms with Gasteiger partial charge < -0.3 is 9.84 Å². The minimum absolute atomic E-state index is 0.0397. The number of hydrogen-bond donors (Lipinski definition) is 1. The van der Waals surface area contributed by atoms with Gasteiger partial charge in [0, 0.05) is 5.69 Å². The van der Waals surface area contributed by atoms with Crippen LogP contribution >= 0.6 is 0 Å². The summed E-state index contributed by atoms with van der Waals surface area (Å²) in [5.41, 5.74) is 0.871. The van der Waals surface area contributed by atoms with Crippen LogP contribution in [0.15, 0.2) is 30.3 Å². The molecule has 6 heteroatoms. The summed E-state index contributed by atoms with van der Waals surface area (Å²) < 4.78 is 5.35. The molecule has 1 N–H and O–H groups in total. The molecule has 2 rings (SSSR count). The molecular formula is C13H9N3O3. The van der Waals surface area contributed by atoms with E-state index < -0.39 is 5.97 Å². The lowest BCUT2D eigenvalue weighted by Crippen LogP contribution is -2.04. The van der Waals surface area contributed by atoms with Crippen molar-refractivity contribution in [1.29, 1.82) is 5.26 Å². The summed E-state index contributed by atoms with van der Waals surface area (Å²) in [6, 6.07) is 9.65. The zero-order valence-corrected chi connectivity index (χ0v) is 9.99. The molecule has 0 spiro atoms. The molecule has 0 aliphatic carbocycles. The van der Waals surface area contributed by atoms with Crippen LogP contribution in [0.2, 0.25) is 0 Å². The Balaban J connectivity index is 2.27. The Labute approximate surface area is 108 Å². The quantitative estimate of drug-likeness (QED) is 0.902. The van der Waals surface area contributed by atoms with Crippen LogP contribution < -0.4 is 4.74 Å². The minimum Gasteiger partial charge on any atom is -0.477 e. The predicted molar refractivity (Wildman–Crippen MR) is 65.0 cm³/mol. The first kappa shape index (κ1) is 12.5. The van der Waals surface area contributed by atoms with E-state index >= 15 is 0 Å². The standard InChI is InChI=1S/C13H9N3O3/c1-8-6-11(12(17)18)16-13(15-8)19-10-4-2-9(7-14)3-5-10/h2-6H,1H3,(H,17,18). The van der Waals surface area contributed by atoms with Gasteiger partial charge in [-0.3, -0.25) is 0 Å². The molecule has 0 unspecified atom stereocenters. The molecule has 0 aliphatic rings. The Morgan fingerprint density at radius 1 is 1.32 bits per heavy atom. The summed E-state index contributed by atoms with van der Waals surface area (Å²) in [6.45, 7) is 1.65. The highest BCUT2D eigenvalue weighted by atomic mass is 16.5. The summed E-state index contributed by atoms with van der Waals surface area (Å²) in [6.07, 6.45) is 0. The molecule has 19 heavy (non-hydrogen) atoms. The molecule has 0 radical (unpaired) electrons. The number of carboxylic acids is 1. The van der Waals surface area contributed by atoms with Gasteiger partial charge in [0.1, 0.15) is 5.75 Å². The highest BCUT2D eigenvalue weighted by Gasteiger charge is 2.10. The third kappa shape index (κ3) is 3.04. The van der Waals surface area contributed by atoms with Crippen LogP contribution in [0.1, 0.15) is 21.7 Å². The number of nitriles is 1. The zero-order chi connectivity index (χ0) is 13.8. The van der Waals surface area contributed by atoms with Gasteiger partial charge in [0.05, 0.1) is 11.6 Å². The molecule has 94 valence electrons. The molecule has 0 atom stereocenters. The third-order valence-corrected chi connectivity index (χ3v) is 2.25. The lowest BCUT2D eigenvalue weighted by molar-refractivity contribution is 0.0689. The van der Waals surface area contributed by atoms with Crippen LogP contribution in [0.25, 0.3) is 0 Å².